The monoisotopic (exact) mass is 964 g/mol. The van der Waals surface area contributed by atoms with Gasteiger partial charge in [0.05, 0.1) is 5.58 Å². The summed E-state index contributed by atoms with van der Waals surface area (Å²) in [5.41, 5.74) is 11.6. The number of aromatic nitrogens is 3. The van der Waals surface area contributed by atoms with Gasteiger partial charge in [-0.1, -0.05) is 98.3 Å². The van der Waals surface area contributed by atoms with Crippen LogP contribution in [0.1, 0.15) is 68.9 Å². The molecule has 9 rings (SSSR count). The molecular formula is C49H51GeIrN3O-2. The van der Waals surface area contributed by atoms with E-state index >= 15 is 0 Å². The van der Waals surface area contributed by atoms with Crippen molar-refractivity contribution in [1.29, 1.82) is 0 Å². The molecule has 1 radical (unpaired) electrons. The van der Waals surface area contributed by atoms with Crippen LogP contribution in [0.4, 0.5) is 0 Å². The molecule has 0 N–H and O–H groups in total. The fourth-order valence-corrected chi connectivity index (χ4v) is 12.0. The molecule has 283 valence electrons. The molecule has 4 nitrogen and oxygen atoms in total. The van der Waals surface area contributed by atoms with E-state index in [1.807, 2.05) is 42.6 Å². The summed E-state index contributed by atoms with van der Waals surface area (Å²) in [6, 6.07) is 36.8. The van der Waals surface area contributed by atoms with E-state index in [-0.39, 0.29) is 20.1 Å². The quantitative estimate of drug-likeness (QED) is 0.112. The minimum atomic E-state index is -1.87. The summed E-state index contributed by atoms with van der Waals surface area (Å²) in [6.07, 6.45) is 22.2. The van der Waals surface area contributed by atoms with E-state index in [1.54, 1.807) is 9.96 Å². The normalized spacial score (nSPS) is 15.1. The summed E-state index contributed by atoms with van der Waals surface area (Å²) in [5, 5.41) is 1.02. The van der Waals surface area contributed by atoms with E-state index in [1.165, 1.54) is 69.8 Å². The molecule has 4 aromatic heterocycles. The molecular weight excluding hydrogens is 911 g/mol. The molecule has 2 aliphatic carbocycles. The number of furan rings is 1. The van der Waals surface area contributed by atoms with Crippen molar-refractivity contribution in [1.82, 2.24) is 15.0 Å². The molecule has 0 saturated heterocycles. The Morgan fingerprint density at radius 3 is 2.18 bits per heavy atom. The maximum atomic E-state index is 6.34. The summed E-state index contributed by atoms with van der Waals surface area (Å²) in [7, 11) is 0. The third-order valence-electron chi connectivity index (χ3n) is 11.5. The van der Waals surface area contributed by atoms with Gasteiger partial charge in [0.25, 0.3) is 0 Å². The van der Waals surface area contributed by atoms with Crippen molar-refractivity contribution in [3.05, 3.63) is 133 Å². The Kier molecular flexibility index (Phi) is 12.8. The molecule has 3 aromatic carbocycles. The van der Waals surface area contributed by atoms with Gasteiger partial charge in [-0.05, 0) is 35.9 Å². The fraction of sp³-hybridized carbons (Fsp3) is 0.327. The average Bonchev–Trinajstić information content (AvgIpc) is 3.86. The zero-order valence-corrected chi connectivity index (χ0v) is 36.9. The van der Waals surface area contributed by atoms with Gasteiger partial charge in [0.1, 0.15) is 5.58 Å². The standard InChI is InChI=1S/C29H25N2O.C20H26GeN.Ir/c1-3-8-20(9-4-1)16-21-14-15-30-26(17-21)23-18-27-28(31-19-23)25-13-7-12-24(29(25)32-27)22-10-5-2-6-11-22;1-21(2,3)19-15-22-20(17-11-5-4-6-12-17)14-18(19)13-16-9-7-8-10-16;/h2,5-7,10-15,17-18,20H,1,3-4,8-9,16H2;4-6,11,14-16H,7-10,13H2,1-3H3;/q2*-1;. The first-order valence-corrected chi connectivity index (χ1v) is 27.4. The number of nitrogens with zero attached hydrogens (tertiary/aromatic N) is 3. The summed E-state index contributed by atoms with van der Waals surface area (Å²) < 4.78 is 7.93. The van der Waals surface area contributed by atoms with Crippen LogP contribution in [-0.4, -0.2) is 28.2 Å². The van der Waals surface area contributed by atoms with E-state index in [0.29, 0.717) is 0 Å². The smallest absolute Gasteiger partial charge is 0.133 e. The molecule has 4 heterocycles. The summed E-state index contributed by atoms with van der Waals surface area (Å²) in [6.45, 7) is 0. The Bertz CT molecular complexity index is 2320. The Balaban J connectivity index is 0.000000178. The van der Waals surface area contributed by atoms with E-state index in [2.05, 4.69) is 106 Å². The van der Waals surface area contributed by atoms with Gasteiger partial charge in [-0.25, -0.2) is 0 Å². The topological polar surface area (TPSA) is 51.8 Å². The maximum absolute atomic E-state index is 6.34. The molecule has 0 spiro atoms. The van der Waals surface area contributed by atoms with Crippen molar-refractivity contribution in [2.75, 3.05) is 0 Å². The number of pyridine rings is 3. The Hall–Kier alpha value is -3.90. The second-order valence-electron chi connectivity index (χ2n) is 16.5. The number of hydrogen-bond donors (Lipinski definition) is 0. The Morgan fingerprint density at radius 2 is 1.44 bits per heavy atom. The van der Waals surface area contributed by atoms with Gasteiger partial charge in [0.15, 0.2) is 0 Å². The summed E-state index contributed by atoms with van der Waals surface area (Å²) >= 11 is -1.87. The second-order valence-corrected chi connectivity index (χ2v) is 27.1. The number of hydrogen-bond acceptors (Lipinski definition) is 4. The molecule has 0 bridgehead atoms. The van der Waals surface area contributed by atoms with Gasteiger partial charge in [-0.15, -0.1) is 5.56 Å². The van der Waals surface area contributed by atoms with Crippen molar-refractivity contribution in [2.45, 2.75) is 87.9 Å². The zero-order chi connectivity index (χ0) is 36.9. The van der Waals surface area contributed by atoms with E-state index in [9.17, 15) is 0 Å². The molecule has 6 heteroatoms. The SMILES string of the molecule is [CH3][Ge]([CH3])([CH3])[c]1cnc(-c2[c-]cccc2)cc1CC1CCCC1.[Ir].[c-]1nc2c(cc1-c1cc(CC3CCCCC3)ccn1)oc1c(-c3ccccc3)cccc12. The van der Waals surface area contributed by atoms with Gasteiger partial charge in [-0.2, -0.15) is 0 Å². The summed E-state index contributed by atoms with van der Waals surface area (Å²) in [5.74, 6) is 9.12. The number of benzene rings is 3. The fourth-order valence-electron chi connectivity index (χ4n) is 8.63. The van der Waals surface area contributed by atoms with Crippen LogP contribution in [0.5, 0.6) is 0 Å². The van der Waals surface area contributed by atoms with Crippen LogP contribution in [0.15, 0.2) is 114 Å². The maximum Gasteiger partial charge on any atom is 0.133 e. The number of fused-ring (bicyclic) bond motifs is 3. The molecule has 2 fully saturated rings. The van der Waals surface area contributed by atoms with Crippen LogP contribution in [0.3, 0.4) is 0 Å². The first-order valence-electron chi connectivity index (χ1n) is 20.1. The van der Waals surface area contributed by atoms with Crippen molar-refractivity contribution in [3.63, 3.8) is 0 Å². The van der Waals surface area contributed by atoms with E-state index in [0.717, 1.165) is 74.0 Å². The van der Waals surface area contributed by atoms with Crippen LogP contribution >= 0.6 is 0 Å². The summed E-state index contributed by atoms with van der Waals surface area (Å²) in [4.78, 5) is 14.0. The largest absolute Gasteiger partial charge is 0.474 e. The van der Waals surface area contributed by atoms with Crippen LogP contribution in [-0.2, 0) is 32.9 Å². The molecule has 2 saturated carbocycles. The minimum absolute atomic E-state index is 0. The second kappa shape index (κ2) is 17.9. The molecule has 0 aliphatic heterocycles. The van der Waals surface area contributed by atoms with Crippen LogP contribution in [0.2, 0.25) is 17.3 Å². The Morgan fingerprint density at radius 1 is 0.709 bits per heavy atom. The van der Waals surface area contributed by atoms with Gasteiger partial charge < -0.3 is 14.4 Å². The predicted molar refractivity (Wildman–Crippen MR) is 226 cm³/mol. The van der Waals surface area contributed by atoms with Crippen molar-refractivity contribution >= 4 is 39.7 Å². The van der Waals surface area contributed by atoms with E-state index < -0.39 is 13.3 Å². The number of para-hydroxylation sites is 1. The molecule has 2 aliphatic rings. The van der Waals surface area contributed by atoms with Gasteiger partial charge in [-0.3, -0.25) is 0 Å². The zero-order valence-electron chi connectivity index (χ0n) is 32.4. The van der Waals surface area contributed by atoms with Gasteiger partial charge >= 0.3 is 137 Å². The van der Waals surface area contributed by atoms with Gasteiger partial charge in [0, 0.05) is 42.8 Å². The first kappa shape index (κ1) is 39.3. The third-order valence-corrected chi connectivity index (χ3v) is 15.8. The molecule has 0 unspecified atom stereocenters. The van der Waals surface area contributed by atoms with Crippen LogP contribution < -0.4 is 4.40 Å². The molecule has 0 atom stereocenters. The molecule has 7 aromatic rings. The van der Waals surface area contributed by atoms with E-state index in [4.69, 9.17) is 9.40 Å². The number of rotatable bonds is 8. The van der Waals surface area contributed by atoms with Crippen molar-refractivity contribution in [3.8, 4) is 33.6 Å². The van der Waals surface area contributed by atoms with Crippen LogP contribution in [0, 0.1) is 24.1 Å². The predicted octanol–water partition coefficient (Wildman–Crippen LogP) is 12.5. The average molecular weight is 963 g/mol. The first-order chi connectivity index (χ1) is 26.4. The van der Waals surface area contributed by atoms with Crippen LogP contribution in [0.25, 0.3) is 55.7 Å². The van der Waals surface area contributed by atoms with Gasteiger partial charge in [0.2, 0.25) is 0 Å². The van der Waals surface area contributed by atoms with Crippen molar-refractivity contribution < 1.29 is 24.5 Å². The molecule has 55 heavy (non-hydrogen) atoms. The molecule has 0 amide bonds. The van der Waals surface area contributed by atoms with Crippen molar-refractivity contribution in [2.24, 2.45) is 11.8 Å². The third kappa shape index (κ3) is 9.39. The Labute approximate surface area is 343 Å². The minimum Gasteiger partial charge on any atom is -0.474 e.